The summed E-state index contributed by atoms with van der Waals surface area (Å²) in [5, 5.41) is 9.13. The molecule has 0 spiro atoms. The lowest BCUT2D eigenvalue weighted by atomic mass is 10.3. The highest BCUT2D eigenvalue weighted by atomic mass is 32.1. The summed E-state index contributed by atoms with van der Waals surface area (Å²) in [6.07, 6.45) is 3.78. The second-order valence-corrected chi connectivity index (χ2v) is 4.14. The first-order valence-electron chi connectivity index (χ1n) is 4.59. The molecule has 5 nitrogen and oxygen atoms in total. The van der Waals surface area contributed by atoms with Crippen LogP contribution in [0.4, 0.5) is 0 Å². The lowest BCUT2D eigenvalue weighted by Gasteiger charge is -1.99. The zero-order valence-electron chi connectivity index (χ0n) is 8.36. The van der Waals surface area contributed by atoms with Crippen LogP contribution in [-0.4, -0.2) is 14.8 Å². The largest absolute Gasteiger partial charge is 0.315 e. The van der Waals surface area contributed by atoms with Gasteiger partial charge in [-0.25, -0.2) is 0 Å². The van der Waals surface area contributed by atoms with Gasteiger partial charge >= 0.3 is 4.87 Å². The topological polar surface area (TPSA) is 62.7 Å². The Hall–Kier alpha value is -1.40. The minimum absolute atomic E-state index is 0.00632. The number of nitrogens with one attached hydrogen (secondary N) is 2. The predicted octanol–water partition coefficient (Wildman–Crippen LogP) is 0.460. The van der Waals surface area contributed by atoms with Gasteiger partial charge in [0.25, 0.3) is 0 Å². The highest BCUT2D eigenvalue weighted by Crippen LogP contribution is 1.98. The van der Waals surface area contributed by atoms with Crippen molar-refractivity contribution in [2.45, 2.75) is 13.1 Å². The van der Waals surface area contributed by atoms with Crippen LogP contribution in [0.1, 0.15) is 11.3 Å². The smallest absolute Gasteiger partial charge is 0.304 e. The van der Waals surface area contributed by atoms with Gasteiger partial charge in [-0.2, -0.15) is 5.10 Å². The van der Waals surface area contributed by atoms with Gasteiger partial charge < -0.3 is 10.3 Å². The molecule has 0 fully saturated rings. The first-order chi connectivity index (χ1) is 7.24. The van der Waals surface area contributed by atoms with Gasteiger partial charge in [0.05, 0.1) is 6.20 Å². The maximum absolute atomic E-state index is 10.8. The van der Waals surface area contributed by atoms with Crippen molar-refractivity contribution in [2.75, 3.05) is 0 Å². The molecule has 0 unspecified atom stereocenters. The molecule has 80 valence electrons. The third-order valence-electron chi connectivity index (χ3n) is 1.97. The minimum atomic E-state index is -0.00632. The van der Waals surface area contributed by atoms with Gasteiger partial charge in [-0.15, -0.1) is 0 Å². The van der Waals surface area contributed by atoms with Gasteiger partial charge in [-0.1, -0.05) is 11.3 Å². The summed E-state index contributed by atoms with van der Waals surface area (Å²) in [5.74, 6) is 0. The number of rotatable bonds is 4. The SMILES string of the molecule is Cn1cc(CNCc2csc(=O)[nH]2)cn1. The quantitative estimate of drug-likeness (QED) is 0.793. The van der Waals surface area contributed by atoms with Crippen molar-refractivity contribution in [3.63, 3.8) is 0 Å². The Balaban J connectivity index is 1.82. The van der Waals surface area contributed by atoms with Crippen LogP contribution < -0.4 is 10.2 Å². The summed E-state index contributed by atoms with van der Waals surface area (Å²) >= 11 is 1.19. The molecule has 2 rings (SSSR count). The summed E-state index contributed by atoms with van der Waals surface area (Å²) in [5.41, 5.74) is 2.06. The number of aryl methyl sites for hydroxylation is 1. The zero-order valence-corrected chi connectivity index (χ0v) is 9.17. The zero-order chi connectivity index (χ0) is 10.7. The molecule has 0 aromatic carbocycles. The lowest BCUT2D eigenvalue weighted by molar-refractivity contribution is 0.680. The summed E-state index contributed by atoms with van der Waals surface area (Å²) in [4.78, 5) is 13.6. The first-order valence-corrected chi connectivity index (χ1v) is 5.47. The van der Waals surface area contributed by atoms with E-state index < -0.39 is 0 Å². The van der Waals surface area contributed by atoms with E-state index in [9.17, 15) is 4.79 Å². The van der Waals surface area contributed by atoms with Gasteiger partial charge in [-0.05, 0) is 0 Å². The Morgan fingerprint density at radius 1 is 1.60 bits per heavy atom. The monoisotopic (exact) mass is 224 g/mol. The maximum Gasteiger partial charge on any atom is 0.304 e. The van der Waals surface area contributed by atoms with Gasteiger partial charge in [0.2, 0.25) is 0 Å². The van der Waals surface area contributed by atoms with Gasteiger partial charge in [0.1, 0.15) is 0 Å². The number of nitrogens with zero attached hydrogens (tertiary/aromatic N) is 2. The average molecular weight is 224 g/mol. The van der Waals surface area contributed by atoms with E-state index in [1.165, 1.54) is 11.3 Å². The molecule has 0 aliphatic carbocycles. The molecule has 0 aliphatic heterocycles. The molecule has 0 amide bonds. The second kappa shape index (κ2) is 4.41. The van der Waals surface area contributed by atoms with Crippen LogP contribution in [0.3, 0.4) is 0 Å². The number of aromatic nitrogens is 3. The third-order valence-corrected chi connectivity index (χ3v) is 2.69. The van der Waals surface area contributed by atoms with Crippen molar-refractivity contribution in [1.82, 2.24) is 20.1 Å². The molecule has 2 aromatic rings. The fourth-order valence-corrected chi connectivity index (χ4v) is 1.89. The minimum Gasteiger partial charge on any atom is -0.315 e. The molecule has 0 atom stereocenters. The van der Waals surface area contributed by atoms with Gasteiger partial charge in [0, 0.05) is 43.0 Å². The average Bonchev–Trinajstić information content (AvgIpc) is 2.76. The summed E-state index contributed by atoms with van der Waals surface area (Å²) in [7, 11) is 1.89. The maximum atomic E-state index is 10.8. The molecule has 15 heavy (non-hydrogen) atoms. The molecule has 0 bridgehead atoms. The van der Waals surface area contributed by atoms with Crippen molar-refractivity contribution in [2.24, 2.45) is 7.05 Å². The highest BCUT2D eigenvalue weighted by Gasteiger charge is 1.98. The Morgan fingerprint density at radius 3 is 3.07 bits per heavy atom. The standard InChI is InChI=1S/C9H12N4OS/c1-13-5-7(3-11-13)2-10-4-8-6-15-9(14)12-8/h3,5-6,10H,2,4H2,1H3,(H,12,14). The number of hydrogen-bond acceptors (Lipinski definition) is 4. The molecule has 6 heteroatoms. The number of H-pyrrole nitrogens is 1. The molecule has 0 saturated heterocycles. The Bertz CT molecular complexity index is 484. The van der Waals surface area contributed by atoms with Crippen LogP contribution in [0.2, 0.25) is 0 Å². The van der Waals surface area contributed by atoms with E-state index in [0.717, 1.165) is 17.8 Å². The van der Waals surface area contributed by atoms with Crippen LogP contribution in [0.25, 0.3) is 0 Å². The van der Waals surface area contributed by atoms with Crippen molar-refractivity contribution < 1.29 is 0 Å². The van der Waals surface area contributed by atoms with Crippen LogP contribution in [0, 0.1) is 0 Å². The molecule has 2 heterocycles. The molecule has 0 saturated carbocycles. The third kappa shape index (κ3) is 2.77. The predicted molar refractivity (Wildman–Crippen MR) is 58.7 cm³/mol. The van der Waals surface area contributed by atoms with Gasteiger partial charge in [-0.3, -0.25) is 9.48 Å². The van der Waals surface area contributed by atoms with Crippen molar-refractivity contribution >= 4 is 11.3 Å². The Kier molecular flexibility index (Phi) is 2.98. The summed E-state index contributed by atoms with van der Waals surface area (Å²) in [6.45, 7) is 1.43. The van der Waals surface area contributed by atoms with E-state index in [1.54, 1.807) is 4.68 Å². The van der Waals surface area contributed by atoms with E-state index in [2.05, 4.69) is 15.4 Å². The van der Waals surface area contributed by atoms with Crippen LogP contribution in [0.15, 0.2) is 22.6 Å². The number of thiazole rings is 1. The summed E-state index contributed by atoms with van der Waals surface area (Å²) in [6, 6.07) is 0. The number of hydrogen-bond donors (Lipinski definition) is 2. The van der Waals surface area contributed by atoms with Crippen LogP contribution in [-0.2, 0) is 20.1 Å². The fourth-order valence-electron chi connectivity index (χ4n) is 1.31. The molecule has 0 radical (unpaired) electrons. The normalized spacial score (nSPS) is 10.7. The molecular weight excluding hydrogens is 212 g/mol. The second-order valence-electron chi connectivity index (χ2n) is 3.30. The van der Waals surface area contributed by atoms with E-state index in [-0.39, 0.29) is 4.87 Å². The molecule has 2 aromatic heterocycles. The van der Waals surface area contributed by atoms with E-state index in [0.29, 0.717) is 6.54 Å². The van der Waals surface area contributed by atoms with Crippen molar-refractivity contribution in [3.8, 4) is 0 Å². The lowest BCUT2D eigenvalue weighted by Crippen LogP contribution is -2.13. The van der Waals surface area contributed by atoms with Crippen molar-refractivity contribution in [1.29, 1.82) is 0 Å². The van der Waals surface area contributed by atoms with E-state index in [1.807, 2.05) is 24.8 Å². The fraction of sp³-hybridized carbons (Fsp3) is 0.333. The first kappa shape index (κ1) is 10.1. The highest BCUT2D eigenvalue weighted by molar-refractivity contribution is 7.07. The van der Waals surface area contributed by atoms with Gasteiger partial charge in [0.15, 0.2) is 0 Å². The molecule has 2 N–H and O–H groups in total. The Morgan fingerprint density at radius 2 is 2.47 bits per heavy atom. The van der Waals surface area contributed by atoms with E-state index in [4.69, 9.17) is 0 Å². The van der Waals surface area contributed by atoms with Crippen LogP contribution >= 0.6 is 11.3 Å². The summed E-state index contributed by atoms with van der Waals surface area (Å²) < 4.78 is 1.77. The van der Waals surface area contributed by atoms with Crippen molar-refractivity contribution in [3.05, 3.63) is 38.7 Å². The molecule has 0 aliphatic rings. The van der Waals surface area contributed by atoms with Crippen LogP contribution in [0.5, 0.6) is 0 Å². The number of aromatic amines is 1. The Labute approximate surface area is 90.8 Å². The molecular formula is C9H12N4OS. The van der Waals surface area contributed by atoms with E-state index >= 15 is 0 Å².